The Hall–Kier alpha value is -3.00. The van der Waals surface area contributed by atoms with Crippen LogP contribution in [0.4, 0.5) is 20.2 Å². The van der Waals surface area contributed by atoms with Crippen molar-refractivity contribution in [3.63, 3.8) is 0 Å². The number of amides is 2. The number of carbonyl (C=O) groups excluding carboxylic acids is 2. The molecule has 0 bridgehead atoms. The van der Waals surface area contributed by atoms with Crippen molar-refractivity contribution in [3.05, 3.63) is 59.7 Å². The molecule has 2 aliphatic rings. The summed E-state index contributed by atoms with van der Waals surface area (Å²) < 4.78 is 33.3. The molecule has 0 radical (unpaired) electrons. The van der Waals surface area contributed by atoms with Crippen LogP contribution in [0.5, 0.6) is 0 Å². The summed E-state index contributed by atoms with van der Waals surface area (Å²) in [4.78, 5) is 31.1. The first kappa shape index (κ1) is 23.2. The number of ether oxygens (including phenoxy) is 1. The normalized spacial score (nSPS) is 20.4. The molecule has 2 unspecified atom stereocenters. The van der Waals surface area contributed by atoms with Gasteiger partial charge in [0.25, 0.3) is 0 Å². The van der Waals surface area contributed by atoms with Gasteiger partial charge < -0.3 is 19.4 Å². The molecule has 0 aliphatic carbocycles. The summed E-state index contributed by atoms with van der Waals surface area (Å²) >= 11 is 0. The standard InChI is InChI=1S/C25H29F2N3O3/c1-28(2)20-8-5-17(6-9-20)14-29(16-21-4-3-11-33-21)25(32)18-12-24(31)30(15-18)23-10-7-19(26)13-22(23)27/h5-10,13,18,21H,3-4,11-12,14-16H2,1-2H3. The van der Waals surface area contributed by atoms with E-state index in [1.165, 1.54) is 11.0 Å². The second-order valence-electron chi connectivity index (χ2n) is 8.92. The van der Waals surface area contributed by atoms with Crippen LogP contribution >= 0.6 is 0 Å². The van der Waals surface area contributed by atoms with Crippen molar-refractivity contribution >= 4 is 23.2 Å². The van der Waals surface area contributed by atoms with Gasteiger partial charge in [0.05, 0.1) is 17.7 Å². The largest absolute Gasteiger partial charge is 0.378 e. The predicted octanol–water partition coefficient (Wildman–Crippen LogP) is 3.59. The van der Waals surface area contributed by atoms with E-state index >= 15 is 0 Å². The zero-order valence-electron chi connectivity index (χ0n) is 19.0. The van der Waals surface area contributed by atoms with Crippen LogP contribution in [0.2, 0.25) is 0 Å². The minimum atomic E-state index is -0.811. The van der Waals surface area contributed by atoms with Crippen molar-refractivity contribution in [2.24, 2.45) is 5.92 Å². The Balaban J connectivity index is 1.51. The van der Waals surface area contributed by atoms with E-state index in [0.717, 1.165) is 36.2 Å². The van der Waals surface area contributed by atoms with Crippen molar-refractivity contribution < 1.29 is 23.1 Å². The van der Waals surface area contributed by atoms with Gasteiger partial charge in [-0.2, -0.15) is 0 Å². The summed E-state index contributed by atoms with van der Waals surface area (Å²) in [6.07, 6.45) is 1.82. The van der Waals surface area contributed by atoms with Crippen LogP contribution < -0.4 is 9.80 Å². The smallest absolute Gasteiger partial charge is 0.228 e. The van der Waals surface area contributed by atoms with Crippen molar-refractivity contribution in [1.82, 2.24) is 4.90 Å². The first-order valence-electron chi connectivity index (χ1n) is 11.2. The van der Waals surface area contributed by atoms with Crippen LogP contribution in [-0.4, -0.2) is 56.6 Å². The lowest BCUT2D eigenvalue weighted by Crippen LogP contribution is -2.41. The van der Waals surface area contributed by atoms with Crippen molar-refractivity contribution in [3.8, 4) is 0 Å². The predicted molar refractivity (Wildman–Crippen MR) is 122 cm³/mol. The van der Waals surface area contributed by atoms with Gasteiger partial charge in [0.15, 0.2) is 0 Å². The van der Waals surface area contributed by atoms with Gasteiger partial charge in [-0.25, -0.2) is 8.78 Å². The number of hydrogen-bond donors (Lipinski definition) is 0. The lowest BCUT2D eigenvalue weighted by atomic mass is 10.1. The van der Waals surface area contributed by atoms with Crippen LogP contribution in [0.15, 0.2) is 42.5 Å². The molecule has 6 nitrogen and oxygen atoms in total. The van der Waals surface area contributed by atoms with Gasteiger partial charge in [0.2, 0.25) is 11.8 Å². The average Bonchev–Trinajstić information content (AvgIpc) is 3.43. The summed E-state index contributed by atoms with van der Waals surface area (Å²) in [5, 5.41) is 0. The lowest BCUT2D eigenvalue weighted by molar-refractivity contribution is -0.138. The van der Waals surface area contributed by atoms with Crippen molar-refractivity contribution in [2.75, 3.05) is 43.6 Å². The highest BCUT2D eigenvalue weighted by Crippen LogP contribution is 2.30. The monoisotopic (exact) mass is 457 g/mol. The molecule has 2 atom stereocenters. The third kappa shape index (κ3) is 5.33. The Morgan fingerprint density at radius 1 is 1.15 bits per heavy atom. The molecule has 2 fully saturated rings. The van der Waals surface area contributed by atoms with Crippen LogP contribution in [0.1, 0.15) is 24.8 Å². The fourth-order valence-corrected chi connectivity index (χ4v) is 4.45. The summed E-state index contributed by atoms with van der Waals surface area (Å²) in [5.74, 6) is -2.61. The van der Waals surface area contributed by atoms with Gasteiger partial charge in [0, 0.05) is 58.5 Å². The van der Waals surface area contributed by atoms with E-state index in [9.17, 15) is 18.4 Å². The quantitative estimate of drug-likeness (QED) is 0.638. The van der Waals surface area contributed by atoms with Crippen molar-refractivity contribution in [1.29, 1.82) is 0 Å². The van der Waals surface area contributed by atoms with Crippen LogP contribution in [0.25, 0.3) is 0 Å². The lowest BCUT2D eigenvalue weighted by Gasteiger charge is -2.28. The number of rotatable bonds is 7. The van der Waals surface area contributed by atoms with Gasteiger partial charge in [-0.15, -0.1) is 0 Å². The number of hydrogen-bond acceptors (Lipinski definition) is 4. The van der Waals surface area contributed by atoms with Crippen molar-refractivity contribution in [2.45, 2.75) is 31.9 Å². The molecule has 2 saturated heterocycles. The summed E-state index contributed by atoms with van der Waals surface area (Å²) in [7, 11) is 3.93. The Labute approximate surface area is 192 Å². The molecule has 4 rings (SSSR count). The Bertz CT molecular complexity index is 1010. The molecular weight excluding hydrogens is 428 g/mol. The second-order valence-corrected chi connectivity index (χ2v) is 8.92. The van der Waals surface area contributed by atoms with E-state index < -0.39 is 17.6 Å². The number of nitrogens with zero attached hydrogens (tertiary/aromatic N) is 3. The average molecular weight is 458 g/mol. The third-order valence-electron chi connectivity index (χ3n) is 6.26. The van der Waals surface area contributed by atoms with Crippen LogP contribution in [0.3, 0.4) is 0 Å². The summed E-state index contributed by atoms with van der Waals surface area (Å²) in [6.45, 7) is 1.61. The molecule has 0 N–H and O–H groups in total. The van der Waals surface area contributed by atoms with Crippen LogP contribution in [-0.2, 0) is 20.9 Å². The maximum atomic E-state index is 14.3. The Kier molecular flexibility index (Phi) is 6.93. The molecule has 8 heteroatoms. The van der Waals surface area contributed by atoms with E-state index in [1.54, 1.807) is 4.90 Å². The van der Waals surface area contributed by atoms with E-state index in [0.29, 0.717) is 19.7 Å². The fourth-order valence-electron chi connectivity index (χ4n) is 4.45. The third-order valence-corrected chi connectivity index (χ3v) is 6.26. The highest BCUT2D eigenvalue weighted by Gasteiger charge is 2.39. The van der Waals surface area contributed by atoms with Gasteiger partial charge in [0.1, 0.15) is 11.6 Å². The van der Waals surface area contributed by atoms with Gasteiger partial charge in [-0.1, -0.05) is 12.1 Å². The number of carbonyl (C=O) groups is 2. The highest BCUT2D eigenvalue weighted by molar-refractivity contribution is 6.00. The van der Waals surface area contributed by atoms with Gasteiger partial charge in [-0.3, -0.25) is 9.59 Å². The number of anilines is 2. The summed E-state index contributed by atoms with van der Waals surface area (Å²) in [5.41, 5.74) is 2.05. The highest BCUT2D eigenvalue weighted by atomic mass is 19.1. The molecule has 2 heterocycles. The number of halogens is 2. The fraction of sp³-hybridized carbons (Fsp3) is 0.440. The minimum absolute atomic E-state index is 0.00153. The Morgan fingerprint density at radius 2 is 1.91 bits per heavy atom. The van der Waals surface area contributed by atoms with E-state index in [1.807, 2.05) is 43.3 Å². The first-order valence-corrected chi connectivity index (χ1v) is 11.2. The Morgan fingerprint density at radius 3 is 2.55 bits per heavy atom. The molecule has 0 aromatic heterocycles. The molecule has 2 aromatic carbocycles. The molecule has 0 spiro atoms. The first-order chi connectivity index (χ1) is 15.8. The van der Waals surface area contributed by atoms with E-state index in [-0.39, 0.29) is 36.6 Å². The summed E-state index contributed by atoms with van der Waals surface area (Å²) in [6, 6.07) is 11.1. The maximum absolute atomic E-state index is 14.3. The zero-order chi connectivity index (χ0) is 23.5. The van der Waals surface area contributed by atoms with E-state index in [4.69, 9.17) is 4.74 Å². The molecule has 2 aromatic rings. The van der Waals surface area contributed by atoms with Crippen LogP contribution in [0, 0.1) is 17.6 Å². The second kappa shape index (κ2) is 9.87. The zero-order valence-corrected chi connectivity index (χ0v) is 19.0. The molecule has 33 heavy (non-hydrogen) atoms. The minimum Gasteiger partial charge on any atom is -0.378 e. The molecule has 2 aliphatic heterocycles. The SMILES string of the molecule is CN(C)c1ccc(CN(CC2CCCO2)C(=O)C2CC(=O)N(c3ccc(F)cc3F)C2)cc1. The van der Waals surface area contributed by atoms with Gasteiger partial charge >= 0.3 is 0 Å². The van der Waals surface area contributed by atoms with Gasteiger partial charge in [-0.05, 0) is 42.7 Å². The maximum Gasteiger partial charge on any atom is 0.228 e. The van der Waals surface area contributed by atoms with E-state index in [2.05, 4.69) is 0 Å². The molecule has 0 saturated carbocycles. The topological polar surface area (TPSA) is 53.1 Å². The molecular formula is C25H29F2N3O3. The molecule has 176 valence electrons. The molecule has 2 amide bonds. The number of benzene rings is 2.